The Morgan fingerprint density at radius 1 is 1.28 bits per heavy atom. The van der Waals surface area contributed by atoms with Crippen LogP contribution in [-0.4, -0.2) is 26.3 Å². The first-order valence-electron chi connectivity index (χ1n) is 6.94. The van der Waals surface area contributed by atoms with Crippen LogP contribution in [0.15, 0.2) is 35.4 Å². The van der Waals surface area contributed by atoms with E-state index in [-0.39, 0.29) is 11.1 Å². The van der Waals surface area contributed by atoms with Crippen LogP contribution in [0.25, 0.3) is 0 Å². The summed E-state index contributed by atoms with van der Waals surface area (Å²) in [6.45, 7) is 0. The fourth-order valence-electron chi connectivity index (χ4n) is 1.96. The molecule has 0 heterocycles. The van der Waals surface area contributed by atoms with Crippen molar-refractivity contribution in [2.24, 2.45) is 5.10 Å². The molecule has 2 aromatic carbocycles. The maximum Gasteiger partial charge on any atom is 0.274 e. The number of nitrogens with zero attached hydrogens (tertiary/aromatic N) is 2. The van der Waals surface area contributed by atoms with Crippen molar-refractivity contribution in [3.63, 3.8) is 0 Å². The highest BCUT2D eigenvalue weighted by Gasteiger charge is 2.12. The third-order valence-corrected chi connectivity index (χ3v) is 3.54. The molecule has 0 aliphatic heterocycles. The predicted octanol–water partition coefficient (Wildman–Crippen LogP) is 3.13. The molecule has 0 atom stereocenters. The van der Waals surface area contributed by atoms with Crippen LogP contribution in [0, 0.1) is 17.1 Å². The van der Waals surface area contributed by atoms with Gasteiger partial charge in [-0.3, -0.25) is 4.79 Å². The number of methoxy groups -OCH3 is 2. The number of nitrogens with one attached hydrogen (secondary N) is 1. The van der Waals surface area contributed by atoms with E-state index in [4.69, 9.17) is 26.3 Å². The minimum absolute atomic E-state index is 0.120. The van der Waals surface area contributed by atoms with E-state index in [1.54, 1.807) is 18.2 Å². The summed E-state index contributed by atoms with van der Waals surface area (Å²) in [4.78, 5) is 11.9. The summed E-state index contributed by atoms with van der Waals surface area (Å²) in [6.07, 6.45) is 1.30. The van der Waals surface area contributed by atoms with E-state index in [2.05, 4.69) is 10.5 Å². The van der Waals surface area contributed by atoms with E-state index in [9.17, 15) is 9.18 Å². The van der Waals surface area contributed by atoms with Crippen molar-refractivity contribution in [2.75, 3.05) is 14.2 Å². The molecule has 0 spiro atoms. The molecule has 0 aliphatic carbocycles. The van der Waals surface area contributed by atoms with Crippen LogP contribution in [0.5, 0.6) is 11.5 Å². The van der Waals surface area contributed by atoms with Gasteiger partial charge in [-0.2, -0.15) is 10.4 Å². The molecule has 0 bridgehead atoms. The van der Waals surface area contributed by atoms with Gasteiger partial charge in [-0.05, 0) is 24.3 Å². The zero-order chi connectivity index (χ0) is 18.4. The number of nitriles is 1. The highest BCUT2D eigenvalue weighted by Crippen LogP contribution is 2.32. The standard InChI is InChI=1S/C17H13ClFN3O3/c1-24-15-6-11(13(18)7-16(15)25-2)9-21-22-17(23)12-4-3-10(8-20)5-14(12)19/h3-7,9H,1-2H3,(H,22,23)/b21-9-. The number of hydrazone groups is 1. The number of hydrogen-bond acceptors (Lipinski definition) is 5. The van der Waals surface area contributed by atoms with Crippen molar-refractivity contribution in [1.29, 1.82) is 5.26 Å². The van der Waals surface area contributed by atoms with Crippen LogP contribution in [0.2, 0.25) is 5.02 Å². The van der Waals surface area contributed by atoms with Gasteiger partial charge < -0.3 is 9.47 Å². The first-order valence-corrected chi connectivity index (χ1v) is 7.32. The number of hydrogen-bond donors (Lipinski definition) is 1. The monoisotopic (exact) mass is 361 g/mol. The number of rotatable bonds is 5. The molecular weight excluding hydrogens is 349 g/mol. The minimum Gasteiger partial charge on any atom is -0.493 e. The largest absolute Gasteiger partial charge is 0.493 e. The van der Waals surface area contributed by atoms with Crippen LogP contribution in [0.3, 0.4) is 0 Å². The molecule has 128 valence electrons. The summed E-state index contributed by atoms with van der Waals surface area (Å²) in [5.41, 5.74) is 2.56. The first-order chi connectivity index (χ1) is 12.0. The normalized spacial score (nSPS) is 10.4. The van der Waals surface area contributed by atoms with Gasteiger partial charge in [0, 0.05) is 11.6 Å². The van der Waals surface area contributed by atoms with E-state index in [1.165, 1.54) is 32.6 Å². The second kappa shape index (κ2) is 8.13. The van der Waals surface area contributed by atoms with Gasteiger partial charge in [0.15, 0.2) is 11.5 Å². The third-order valence-electron chi connectivity index (χ3n) is 3.22. The zero-order valence-electron chi connectivity index (χ0n) is 13.3. The smallest absolute Gasteiger partial charge is 0.274 e. The molecule has 2 rings (SSSR count). The Labute approximate surface area is 148 Å². The molecule has 1 amide bonds. The molecular formula is C17H13ClFN3O3. The van der Waals surface area contributed by atoms with Gasteiger partial charge in [0.1, 0.15) is 5.82 Å². The third kappa shape index (κ3) is 4.25. The van der Waals surface area contributed by atoms with Crippen LogP contribution in [0.4, 0.5) is 4.39 Å². The molecule has 2 aromatic rings. The van der Waals surface area contributed by atoms with Crippen LogP contribution in [0.1, 0.15) is 21.5 Å². The maximum absolute atomic E-state index is 13.8. The predicted molar refractivity (Wildman–Crippen MR) is 90.7 cm³/mol. The highest BCUT2D eigenvalue weighted by molar-refractivity contribution is 6.33. The van der Waals surface area contributed by atoms with Gasteiger partial charge in [-0.25, -0.2) is 9.82 Å². The molecule has 8 heteroatoms. The second-order valence-electron chi connectivity index (χ2n) is 4.73. The number of carbonyl (C=O) groups excluding carboxylic acids is 1. The summed E-state index contributed by atoms with van der Waals surface area (Å²) < 4.78 is 24.0. The van der Waals surface area contributed by atoms with Gasteiger partial charge in [0.25, 0.3) is 5.91 Å². The molecule has 0 unspecified atom stereocenters. The van der Waals surface area contributed by atoms with Crippen molar-refractivity contribution in [1.82, 2.24) is 5.43 Å². The van der Waals surface area contributed by atoms with Crippen LogP contribution in [-0.2, 0) is 0 Å². The Hall–Kier alpha value is -3.11. The maximum atomic E-state index is 13.8. The SMILES string of the molecule is COc1cc(Cl)c(/C=N\NC(=O)c2ccc(C#N)cc2F)cc1OC. The van der Waals surface area contributed by atoms with Crippen LogP contribution >= 0.6 is 11.6 Å². The topological polar surface area (TPSA) is 83.7 Å². The molecule has 0 aromatic heterocycles. The lowest BCUT2D eigenvalue weighted by Gasteiger charge is -2.09. The van der Waals surface area contributed by atoms with Crippen molar-refractivity contribution >= 4 is 23.7 Å². The molecule has 1 N–H and O–H groups in total. The number of amides is 1. The van der Waals surface area contributed by atoms with E-state index < -0.39 is 11.7 Å². The Morgan fingerprint density at radius 3 is 2.56 bits per heavy atom. The molecule has 0 saturated heterocycles. The lowest BCUT2D eigenvalue weighted by Crippen LogP contribution is -2.19. The zero-order valence-corrected chi connectivity index (χ0v) is 14.1. The Kier molecular flexibility index (Phi) is 5.93. The lowest BCUT2D eigenvalue weighted by atomic mass is 10.1. The Bertz CT molecular complexity index is 878. The quantitative estimate of drug-likeness (QED) is 0.655. The van der Waals surface area contributed by atoms with Crippen molar-refractivity contribution in [3.8, 4) is 17.6 Å². The van der Waals surface area contributed by atoms with Gasteiger partial charge in [-0.1, -0.05) is 11.6 Å². The second-order valence-corrected chi connectivity index (χ2v) is 5.14. The van der Waals surface area contributed by atoms with Crippen molar-refractivity contribution < 1.29 is 18.7 Å². The summed E-state index contributed by atoms with van der Waals surface area (Å²) in [5.74, 6) is -0.670. The Morgan fingerprint density at radius 2 is 1.96 bits per heavy atom. The number of carbonyl (C=O) groups is 1. The van der Waals surface area contributed by atoms with E-state index >= 15 is 0 Å². The lowest BCUT2D eigenvalue weighted by molar-refractivity contribution is 0.0951. The average molecular weight is 362 g/mol. The van der Waals surface area contributed by atoms with Crippen molar-refractivity contribution in [2.45, 2.75) is 0 Å². The molecule has 0 radical (unpaired) electrons. The van der Waals surface area contributed by atoms with Gasteiger partial charge in [0.2, 0.25) is 0 Å². The first kappa shape index (κ1) is 18.2. The molecule has 0 fully saturated rings. The Balaban J connectivity index is 2.16. The van der Waals surface area contributed by atoms with Gasteiger partial charge >= 0.3 is 0 Å². The molecule has 6 nitrogen and oxygen atoms in total. The summed E-state index contributed by atoms with van der Waals surface area (Å²) in [7, 11) is 2.95. The molecule has 0 aliphatic rings. The highest BCUT2D eigenvalue weighted by atomic mass is 35.5. The average Bonchev–Trinajstić information content (AvgIpc) is 2.62. The summed E-state index contributed by atoms with van der Waals surface area (Å²) in [6, 6.07) is 8.44. The van der Waals surface area contributed by atoms with Gasteiger partial charge in [0.05, 0.1) is 42.7 Å². The summed E-state index contributed by atoms with van der Waals surface area (Å²) >= 11 is 6.10. The van der Waals surface area contributed by atoms with Crippen molar-refractivity contribution in [3.05, 3.63) is 57.9 Å². The van der Waals surface area contributed by atoms with E-state index in [0.29, 0.717) is 22.1 Å². The van der Waals surface area contributed by atoms with Crippen LogP contribution < -0.4 is 14.9 Å². The molecule has 25 heavy (non-hydrogen) atoms. The minimum atomic E-state index is -0.809. The number of benzene rings is 2. The van der Waals surface area contributed by atoms with E-state index in [1.807, 2.05) is 0 Å². The summed E-state index contributed by atoms with van der Waals surface area (Å²) in [5, 5.41) is 12.8. The van der Waals surface area contributed by atoms with E-state index in [0.717, 1.165) is 6.07 Å². The number of halogens is 2. The molecule has 0 saturated carbocycles. The fourth-order valence-corrected chi connectivity index (χ4v) is 2.16. The van der Waals surface area contributed by atoms with Gasteiger partial charge in [-0.15, -0.1) is 0 Å². The fraction of sp³-hybridized carbons (Fsp3) is 0.118. The number of ether oxygens (including phenoxy) is 2.